The Bertz CT molecular complexity index is 1130. The van der Waals surface area contributed by atoms with E-state index in [1.165, 1.54) is 49.0 Å². The monoisotopic (exact) mass is 523 g/mol. The molecule has 4 heteroatoms. The van der Waals surface area contributed by atoms with Crippen molar-refractivity contribution in [2.75, 3.05) is 7.18 Å². The van der Waals surface area contributed by atoms with E-state index in [0.29, 0.717) is 13.7 Å². The minimum absolute atomic E-state index is 0.462. The number of pyridine rings is 1. The molecular formula is C30H36FN2Se. The molecule has 0 fully saturated rings. The summed E-state index contributed by atoms with van der Waals surface area (Å²) < 4.78 is 10.7. The minimum Gasteiger partial charge on any atom is -0.255 e. The van der Waals surface area contributed by atoms with Gasteiger partial charge in [-0.25, -0.2) is 0 Å². The van der Waals surface area contributed by atoms with Gasteiger partial charge in [0.15, 0.2) is 0 Å². The average molecular weight is 523 g/mol. The largest absolute Gasteiger partial charge is 0.255 e. The molecule has 0 saturated heterocycles. The first-order valence-electron chi connectivity index (χ1n) is 11.8. The van der Waals surface area contributed by atoms with Crippen molar-refractivity contribution >= 4 is 26.0 Å². The van der Waals surface area contributed by atoms with Crippen molar-refractivity contribution in [1.29, 1.82) is 0 Å². The molecule has 2 N–H and O–H groups in total. The van der Waals surface area contributed by atoms with Gasteiger partial charge in [0.05, 0.1) is 7.18 Å². The first-order valence-corrected chi connectivity index (χ1v) is 12.7. The minimum atomic E-state index is 0.462. The number of nitrogens with two attached hydrogens (primary N) is 1. The molecule has 0 saturated carbocycles. The summed E-state index contributed by atoms with van der Waals surface area (Å²) in [5, 5.41) is 0. The standard InChI is InChI=1S/C27H27N2Se.C2H6.CH3F/c1-3-4-20-8-9-24(30)16-21(20)7-6-19-13-26-18(2)5-10-25(26)27(14-19)22-11-12-29-23(15-22)17-28;2*1-2/h3,5,8-9,11-16H,1,4,6-7,10,17,28H2,2H3;1-2H3;1H3. The maximum absolute atomic E-state index is 9.50. The summed E-state index contributed by atoms with van der Waals surface area (Å²) in [6.45, 7) is 10.6. The molecule has 1 radical (unpaired) electrons. The molecule has 0 amide bonds. The topological polar surface area (TPSA) is 38.9 Å². The molecule has 1 aliphatic carbocycles. The maximum atomic E-state index is 9.50. The number of rotatable bonds is 7. The Hall–Kier alpha value is -2.52. The summed E-state index contributed by atoms with van der Waals surface area (Å²) in [6, 6.07) is 15.6. The number of aromatic nitrogens is 1. The Labute approximate surface area is 213 Å². The van der Waals surface area contributed by atoms with E-state index in [4.69, 9.17) is 5.73 Å². The number of alkyl halides is 1. The molecule has 2 aromatic carbocycles. The number of benzene rings is 2. The quantitative estimate of drug-likeness (QED) is 0.302. The second-order valence-electron chi connectivity index (χ2n) is 7.92. The molecule has 0 aliphatic heterocycles. The number of hydrogen-bond donors (Lipinski definition) is 1. The van der Waals surface area contributed by atoms with Gasteiger partial charge in [0.2, 0.25) is 0 Å². The van der Waals surface area contributed by atoms with E-state index in [1.807, 2.05) is 26.1 Å². The Morgan fingerprint density at radius 2 is 1.76 bits per heavy atom. The van der Waals surface area contributed by atoms with Crippen LogP contribution in [-0.4, -0.2) is 28.2 Å². The van der Waals surface area contributed by atoms with Crippen molar-refractivity contribution in [2.45, 2.75) is 53.0 Å². The van der Waals surface area contributed by atoms with Gasteiger partial charge in [0.25, 0.3) is 0 Å². The molecule has 0 unspecified atom stereocenters. The van der Waals surface area contributed by atoms with Gasteiger partial charge in [-0.15, -0.1) is 0 Å². The summed E-state index contributed by atoms with van der Waals surface area (Å²) >= 11 is 3.14. The van der Waals surface area contributed by atoms with Crippen LogP contribution < -0.4 is 10.2 Å². The van der Waals surface area contributed by atoms with Gasteiger partial charge >= 0.3 is 182 Å². The van der Waals surface area contributed by atoms with Crippen LogP contribution in [0.5, 0.6) is 0 Å². The van der Waals surface area contributed by atoms with Gasteiger partial charge in [-0.1, -0.05) is 13.8 Å². The van der Waals surface area contributed by atoms with Crippen molar-refractivity contribution in [1.82, 2.24) is 4.98 Å². The third kappa shape index (κ3) is 6.76. The van der Waals surface area contributed by atoms with Crippen LogP contribution in [0, 0.1) is 0 Å². The Morgan fingerprint density at radius 3 is 2.47 bits per heavy atom. The summed E-state index contributed by atoms with van der Waals surface area (Å²) in [7, 11) is 0.500. The summed E-state index contributed by atoms with van der Waals surface area (Å²) in [5.41, 5.74) is 17.6. The summed E-state index contributed by atoms with van der Waals surface area (Å²) in [4.78, 5) is 4.38. The van der Waals surface area contributed by atoms with Crippen LogP contribution in [0.25, 0.3) is 16.7 Å². The molecule has 1 heterocycles. The van der Waals surface area contributed by atoms with Crippen LogP contribution >= 0.6 is 0 Å². The molecule has 3 aromatic rings. The van der Waals surface area contributed by atoms with Crippen molar-refractivity contribution in [3.8, 4) is 11.1 Å². The van der Waals surface area contributed by atoms with E-state index < -0.39 is 0 Å². The number of aryl methyl sites for hydroxylation is 2. The average Bonchev–Trinajstić information content (AvgIpc) is 3.26. The van der Waals surface area contributed by atoms with Crippen LogP contribution in [0.2, 0.25) is 0 Å². The van der Waals surface area contributed by atoms with E-state index >= 15 is 0 Å². The zero-order valence-corrected chi connectivity index (χ0v) is 22.5. The zero-order chi connectivity index (χ0) is 25.1. The predicted molar refractivity (Wildman–Crippen MR) is 146 cm³/mol. The number of allylic oxidation sites excluding steroid dienone is 3. The first kappa shape index (κ1) is 27.7. The second-order valence-corrected chi connectivity index (χ2v) is 8.91. The Balaban J connectivity index is 0.000000970. The molecule has 179 valence electrons. The summed E-state index contributed by atoms with van der Waals surface area (Å²) in [6.07, 6.45) is 10.1. The normalized spacial score (nSPS) is 11.4. The number of nitrogens with zero attached hydrogens (tertiary/aromatic N) is 1. The van der Waals surface area contributed by atoms with Crippen molar-refractivity contribution in [2.24, 2.45) is 5.73 Å². The third-order valence-electron chi connectivity index (χ3n) is 5.91. The van der Waals surface area contributed by atoms with Crippen LogP contribution in [0.1, 0.15) is 54.3 Å². The third-order valence-corrected chi connectivity index (χ3v) is 6.44. The number of fused-ring (bicyclic) bond motifs is 1. The fraction of sp³-hybridized carbons (Fsp3) is 0.300. The van der Waals surface area contributed by atoms with Gasteiger partial charge in [-0.05, 0) is 0 Å². The predicted octanol–water partition coefficient (Wildman–Crippen LogP) is 6.09. The Kier molecular flexibility index (Phi) is 11.4. The van der Waals surface area contributed by atoms with Gasteiger partial charge < -0.3 is 5.73 Å². The molecule has 0 spiro atoms. The van der Waals surface area contributed by atoms with E-state index in [2.05, 4.69) is 83.0 Å². The molecule has 4 rings (SSSR count). The fourth-order valence-electron chi connectivity index (χ4n) is 4.30. The molecule has 1 aliphatic rings. The molecule has 1 aromatic heterocycles. The molecular weight excluding hydrogens is 486 g/mol. The molecule has 0 atom stereocenters. The Morgan fingerprint density at radius 1 is 1.03 bits per heavy atom. The van der Waals surface area contributed by atoms with E-state index in [0.717, 1.165) is 31.4 Å². The van der Waals surface area contributed by atoms with E-state index in [-0.39, 0.29) is 0 Å². The SMILES string of the molecule is C=CCc1ccc([Se])cc1CCc1cc2c(c(-c3ccnc(CN)c3)c1)CC=C2C.CC.CF. The molecule has 2 nitrogen and oxygen atoms in total. The smallest absolute Gasteiger partial charge is 0.0785 e. The van der Waals surface area contributed by atoms with Gasteiger partial charge in [-0.3, -0.25) is 4.39 Å². The van der Waals surface area contributed by atoms with Crippen LogP contribution in [0.4, 0.5) is 4.39 Å². The van der Waals surface area contributed by atoms with Crippen molar-refractivity contribution in [3.63, 3.8) is 0 Å². The molecule has 34 heavy (non-hydrogen) atoms. The van der Waals surface area contributed by atoms with Gasteiger partial charge in [0.1, 0.15) is 0 Å². The number of halogens is 1. The first-order chi connectivity index (χ1) is 16.6. The van der Waals surface area contributed by atoms with Crippen LogP contribution in [-0.2, 0) is 32.2 Å². The fourth-order valence-corrected chi connectivity index (χ4v) is 4.74. The number of hydrogen-bond acceptors (Lipinski definition) is 2. The van der Waals surface area contributed by atoms with Gasteiger partial charge in [-0.2, -0.15) is 0 Å². The van der Waals surface area contributed by atoms with Crippen molar-refractivity contribution < 1.29 is 4.39 Å². The maximum Gasteiger partial charge on any atom is 0.0785 e. The summed E-state index contributed by atoms with van der Waals surface area (Å²) in [5.74, 6) is 0. The van der Waals surface area contributed by atoms with Crippen LogP contribution in [0.3, 0.4) is 0 Å². The molecule has 0 bridgehead atoms. The van der Waals surface area contributed by atoms with Crippen molar-refractivity contribution in [3.05, 3.63) is 101 Å². The van der Waals surface area contributed by atoms with Crippen LogP contribution in [0.15, 0.2) is 67.4 Å². The van der Waals surface area contributed by atoms with Gasteiger partial charge in [0, 0.05) is 0 Å². The van der Waals surface area contributed by atoms with E-state index in [1.54, 1.807) is 0 Å². The zero-order valence-electron chi connectivity index (χ0n) is 20.8. The second kappa shape index (κ2) is 14.0. The van der Waals surface area contributed by atoms with E-state index in [9.17, 15) is 4.39 Å².